The van der Waals surface area contributed by atoms with E-state index in [0.29, 0.717) is 12.6 Å². The lowest BCUT2D eigenvalue weighted by Gasteiger charge is -2.28. The number of ether oxygens (including phenoxy) is 1. The third-order valence-corrected chi connectivity index (χ3v) is 1.82. The van der Waals surface area contributed by atoms with Crippen molar-refractivity contribution >= 4 is 6.09 Å². The zero-order valence-electron chi connectivity index (χ0n) is 8.52. The molecule has 1 heterocycles. The van der Waals surface area contributed by atoms with Crippen molar-refractivity contribution in [1.29, 1.82) is 0 Å². The maximum Gasteiger partial charge on any atom is 0.407 e. The summed E-state index contributed by atoms with van der Waals surface area (Å²) in [5, 5.41) is 5.89. The number of carbonyl (C=O) groups excluding carboxylic acids is 1. The maximum absolute atomic E-state index is 11.1. The topological polar surface area (TPSA) is 50.4 Å². The molecule has 0 aliphatic carbocycles. The van der Waals surface area contributed by atoms with Crippen LogP contribution in [0, 0.1) is 0 Å². The van der Waals surface area contributed by atoms with E-state index in [2.05, 4.69) is 10.6 Å². The minimum absolute atomic E-state index is 0.218. The highest BCUT2D eigenvalue weighted by Gasteiger charge is 2.19. The van der Waals surface area contributed by atoms with Crippen LogP contribution in [-0.4, -0.2) is 30.8 Å². The molecule has 0 aromatic rings. The molecule has 2 N–H and O–H groups in total. The van der Waals surface area contributed by atoms with Gasteiger partial charge in [-0.15, -0.1) is 0 Å². The first kappa shape index (κ1) is 10.3. The van der Waals surface area contributed by atoms with Gasteiger partial charge in [0.1, 0.15) is 6.61 Å². The molecular weight excluding hydrogens is 168 g/mol. The Labute approximate surface area is 79.0 Å². The molecule has 4 nitrogen and oxygen atoms in total. The second-order valence-electron chi connectivity index (χ2n) is 4.41. The monoisotopic (exact) mass is 186 g/mol. The van der Waals surface area contributed by atoms with E-state index in [-0.39, 0.29) is 11.6 Å². The van der Waals surface area contributed by atoms with Crippen molar-refractivity contribution in [1.82, 2.24) is 10.6 Å². The maximum atomic E-state index is 11.1. The molecule has 1 saturated heterocycles. The number of amides is 1. The van der Waals surface area contributed by atoms with Crippen LogP contribution in [0.3, 0.4) is 0 Å². The van der Waals surface area contributed by atoms with Crippen LogP contribution in [0.5, 0.6) is 0 Å². The smallest absolute Gasteiger partial charge is 0.407 e. The van der Waals surface area contributed by atoms with Gasteiger partial charge in [0.15, 0.2) is 0 Å². The minimum Gasteiger partial charge on any atom is -0.448 e. The van der Waals surface area contributed by atoms with Crippen LogP contribution >= 0.6 is 0 Å². The van der Waals surface area contributed by atoms with Crippen molar-refractivity contribution in [2.24, 2.45) is 0 Å². The van der Waals surface area contributed by atoms with Gasteiger partial charge in [0.25, 0.3) is 0 Å². The highest BCUT2D eigenvalue weighted by Crippen LogP contribution is 2.03. The van der Waals surface area contributed by atoms with Gasteiger partial charge >= 0.3 is 6.09 Å². The van der Waals surface area contributed by atoms with Crippen molar-refractivity contribution < 1.29 is 9.53 Å². The summed E-state index contributed by atoms with van der Waals surface area (Å²) in [6.07, 6.45) is 0.768. The van der Waals surface area contributed by atoms with Gasteiger partial charge in [-0.3, -0.25) is 0 Å². The van der Waals surface area contributed by atoms with Crippen molar-refractivity contribution in [3.05, 3.63) is 0 Å². The molecule has 0 spiro atoms. The van der Waals surface area contributed by atoms with Crippen molar-refractivity contribution in [2.45, 2.75) is 38.8 Å². The number of hydrogen-bond donors (Lipinski definition) is 2. The summed E-state index contributed by atoms with van der Waals surface area (Å²) < 4.78 is 5.01. The Balaban J connectivity index is 2.10. The summed E-state index contributed by atoms with van der Waals surface area (Å²) in [5.74, 6) is 0. The summed E-state index contributed by atoms with van der Waals surface area (Å²) in [6, 6.07) is 0.366. The van der Waals surface area contributed by atoms with E-state index in [0.717, 1.165) is 13.0 Å². The van der Waals surface area contributed by atoms with Gasteiger partial charge in [-0.1, -0.05) is 0 Å². The van der Waals surface area contributed by atoms with Crippen LogP contribution in [-0.2, 0) is 4.74 Å². The third kappa shape index (κ3) is 4.12. The fraction of sp³-hybridized carbons (Fsp3) is 0.889. The highest BCUT2D eigenvalue weighted by molar-refractivity contribution is 5.68. The van der Waals surface area contributed by atoms with E-state index in [4.69, 9.17) is 4.74 Å². The van der Waals surface area contributed by atoms with Crippen LogP contribution in [0.1, 0.15) is 27.2 Å². The Morgan fingerprint density at radius 2 is 2.23 bits per heavy atom. The van der Waals surface area contributed by atoms with Crippen molar-refractivity contribution in [3.63, 3.8) is 0 Å². The molecule has 0 unspecified atom stereocenters. The summed E-state index contributed by atoms with van der Waals surface area (Å²) in [4.78, 5) is 11.1. The molecule has 0 radical (unpaired) electrons. The fourth-order valence-corrected chi connectivity index (χ4v) is 1.01. The lowest BCUT2D eigenvalue weighted by molar-refractivity contribution is 0.114. The van der Waals surface area contributed by atoms with Gasteiger partial charge < -0.3 is 15.4 Å². The van der Waals surface area contributed by atoms with Crippen LogP contribution in [0.15, 0.2) is 0 Å². The molecule has 1 aliphatic heterocycles. The van der Waals surface area contributed by atoms with Crippen LogP contribution in [0.4, 0.5) is 4.79 Å². The van der Waals surface area contributed by atoms with Gasteiger partial charge in [-0.25, -0.2) is 4.79 Å². The lowest BCUT2D eigenvalue weighted by Crippen LogP contribution is -2.48. The molecule has 4 heteroatoms. The summed E-state index contributed by atoms with van der Waals surface area (Å²) in [6.45, 7) is 7.29. The Morgan fingerprint density at radius 3 is 2.62 bits per heavy atom. The standard InChI is InChI=1S/C9H18N2O2/c1-9(2,3)11-8(12)13-6-7-4-5-10-7/h7,10H,4-6H2,1-3H3,(H,11,12)/t7-/m0/s1. The van der Waals surface area contributed by atoms with Crippen LogP contribution < -0.4 is 10.6 Å². The van der Waals surface area contributed by atoms with Gasteiger partial charge in [-0.05, 0) is 33.7 Å². The van der Waals surface area contributed by atoms with Crippen molar-refractivity contribution in [2.75, 3.05) is 13.2 Å². The number of hydrogen-bond acceptors (Lipinski definition) is 3. The van der Waals surface area contributed by atoms with Crippen LogP contribution in [0.25, 0.3) is 0 Å². The molecule has 1 amide bonds. The van der Waals surface area contributed by atoms with E-state index in [1.54, 1.807) is 0 Å². The molecule has 1 aliphatic rings. The minimum atomic E-state index is -0.332. The summed E-state index contributed by atoms with van der Waals surface area (Å²) >= 11 is 0. The Kier molecular flexibility index (Phi) is 3.14. The average molecular weight is 186 g/mol. The van der Waals surface area contributed by atoms with Crippen molar-refractivity contribution in [3.8, 4) is 0 Å². The van der Waals surface area contributed by atoms with Gasteiger partial charge in [0.05, 0.1) is 0 Å². The van der Waals surface area contributed by atoms with E-state index in [1.165, 1.54) is 0 Å². The third-order valence-electron chi connectivity index (χ3n) is 1.82. The van der Waals surface area contributed by atoms with Gasteiger partial charge in [0.2, 0.25) is 0 Å². The zero-order valence-corrected chi connectivity index (χ0v) is 8.52. The lowest BCUT2D eigenvalue weighted by atomic mass is 10.1. The molecule has 0 saturated carbocycles. The second-order valence-corrected chi connectivity index (χ2v) is 4.41. The number of alkyl carbamates (subject to hydrolysis) is 1. The second kappa shape index (κ2) is 3.96. The van der Waals surface area contributed by atoms with Gasteiger partial charge in [-0.2, -0.15) is 0 Å². The molecule has 0 bridgehead atoms. The average Bonchev–Trinajstić information content (AvgIpc) is 1.78. The molecule has 0 aromatic carbocycles. The number of carbonyl (C=O) groups is 1. The molecule has 1 atom stereocenters. The number of nitrogens with one attached hydrogen (secondary N) is 2. The molecule has 0 aromatic heterocycles. The molecular formula is C9H18N2O2. The Bertz CT molecular complexity index is 183. The highest BCUT2D eigenvalue weighted by atomic mass is 16.5. The molecule has 13 heavy (non-hydrogen) atoms. The first-order valence-electron chi connectivity index (χ1n) is 4.66. The first-order chi connectivity index (χ1) is 5.97. The van der Waals surface area contributed by atoms with E-state index >= 15 is 0 Å². The van der Waals surface area contributed by atoms with E-state index in [1.807, 2.05) is 20.8 Å². The first-order valence-corrected chi connectivity index (χ1v) is 4.66. The number of rotatable bonds is 2. The predicted molar refractivity (Wildman–Crippen MR) is 50.6 cm³/mol. The predicted octanol–water partition coefficient (Wildman–Crippen LogP) is 0.873. The Hall–Kier alpha value is -0.770. The van der Waals surface area contributed by atoms with E-state index < -0.39 is 0 Å². The van der Waals surface area contributed by atoms with E-state index in [9.17, 15) is 4.79 Å². The molecule has 1 fully saturated rings. The molecule has 76 valence electrons. The summed E-state index contributed by atoms with van der Waals surface area (Å²) in [5.41, 5.74) is -0.218. The zero-order chi connectivity index (χ0) is 9.90. The quantitative estimate of drug-likeness (QED) is 0.673. The normalized spacial score (nSPS) is 21.9. The Morgan fingerprint density at radius 1 is 1.62 bits per heavy atom. The summed E-state index contributed by atoms with van der Waals surface area (Å²) in [7, 11) is 0. The van der Waals surface area contributed by atoms with Crippen LogP contribution in [0.2, 0.25) is 0 Å². The molecule has 1 rings (SSSR count). The fourth-order valence-electron chi connectivity index (χ4n) is 1.01. The largest absolute Gasteiger partial charge is 0.448 e. The SMILES string of the molecule is CC(C)(C)NC(=O)OC[C@@H]1CCN1. The van der Waals surface area contributed by atoms with Gasteiger partial charge in [0, 0.05) is 11.6 Å².